The van der Waals surface area contributed by atoms with Crippen molar-refractivity contribution in [3.8, 4) is 11.5 Å². The van der Waals surface area contributed by atoms with E-state index < -0.39 is 7.59 Å². The molecule has 1 aromatic heterocycles. The van der Waals surface area contributed by atoms with Gasteiger partial charge in [-0.15, -0.1) is 0 Å². The Labute approximate surface area is 186 Å². The minimum absolute atomic E-state index is 0.154. The molecule has 0 bridgehead atoms. The van der Waals surface area contributed by atoms with E-state index >= 15 is 0 Å². The first kappa shape index (κ1) is 22.6. The molecular formula is C16H13Cl6N3O2. The highest BCUT2D eigenvalue weighted by Gasteiger charge is 2.33. The number of benzene rings is 1. The van der Waals surface area contributed by atoms with Crippen LogP contribution < -0.4 is 9.47 Å². The molecule has 0 atom stereocenters. The molecule has 0 spiro atoms. The number of methoxy groups -OCH3 is 2. The van der Waals surface area contributed by atoms with Gasteiger partial charge >= 0.3 is 0 Å². The predicted molar refractivity (Wildman–Crippen MR) is 112 cm³/mol. The minimum Gasteiger partial charge on any atom is -0.493 e. The summed E-state index contributed by atoms with van der Waals surface area (Å²) in [5.74, 6) is 1.06. The van der Waals surface area contributed by atoms with Crippen LogP contribution >= 0.6 is 69.6 Å². The molecule has 0 aliphatic rings. The first-order valence-corrected chi connectivity index (χ1v) is 9.54. The number of rotatable bonds is 4. The van der Waals surface area contributed by atoms with Crippen LogP contribution in [0.3, 0.4) is 0 Å². The van der Waals surface area contributed by atoms with Gasteiger partial charge in [-0.1, -0.05) is 81.7 Å². The number of hydrogen-bond donors (Lipinski definition) is 0. The topological polar surface area (TPSA) is 57.1 Å². The number of ether oxygens (including phenoxy) is 2. The zero-order valence-corrected chi connectivity index (χ0v) is 18.8. The number of hydrogen-bond acceptors (Lipinski definition) is 5. The summed E-state index contributed by atoms with van der Waals surface area (Å²) in [4.78, 5) is 12.1. The molecular weight excluding hydrogens is 479 g/mol. The lowest BCUT2D eigenvalue weighted by atomic mass is 10.1. The fourth-order valence-corrected chi connectivity index (χ4v) is 2.67. The lowest BCUT2D eigenvalue weighted by Crippen LogP contribution is -2.16. The van der Waals surface area contributed by atoms with Gasteiger partial charge in [-0.3, -0.25) is 0 Å². The third-order valence-corrected chi connectivity index (χ3v) is 4.42. The predicted octanol–water partition coefficient (Wildman–Crippen LogP) is 6.02. The van der Waals surface area contributed by atoms with Crippen LogP contribution in [0.15, 0.2) is 12.1 Å². The summed E-state index contributed by atoms with van der Waals surface area (Å²) in [5, 5.41) is 0. The summed E-state index contributed by atoms with van der Waals surface area (Å²) < 4.78 is 6.84. The minimum atomic E-state index is -1.91. The van der Waals surface area contributed by atoms with E-state index in [9.17, 15) is 0 Å². The van der Waals surface area contributed by atoms with E-state index in [0.717, 1.165) is 11.1 Å². The third-order valence-electron chi connectivity index (χ3n) is 3.41. The van der Waals surface area contributed by atoms with Crippen LogP contribution in [0.1, 0.15) is 28.6 Å². The molecule has 0 amide bonds. The first-order chi connectivity index (χ1) is 12.5. The summed E-state index contributed by atoms with van der Waals surface area (Å²) in [6, 6.07) is 3.62. The number of nitrogens with zero attached hydrogens (tertiary/aromatic N) is 3. The van der Waals surface area contributed by atoms with E-state index in [-0.39, 0.29) is 17.5 Å². The van der Waals surface area contributed by atoms with Crippen LogP contribution in [0.5, 0.6) is 11.5 Å². The van der Waals surface area contributed by atoms with Crippen molar-refractivity contribution in [3.63, 3.8) is 0 Å². The average molecular weight is 492 g/mol. The molecule has 1 aromatic carbocycles. The molecule has 0 aliphatic heterocycles. The number of halogens is 6. The molecule has 0 N–H and O–H groups in total. The standard InChI is InChI=1S/C16H13Cl6N3O2/c1-8-9(4-6-10(26-2)12(8)27-3)5-7-11-23-13(15(17,18)19)25-14(24-11)16(20,21)22/h4-7H,1-3H3. The summed E-state index contributed by atoms with van der Waals surface area (Å²) in [7, 11) is 3.12. The van der Waals surface area contributed by atoms with Crippen LogP contribution in [-0.4, -0.2) is 29.2 Å². The van der Waals surface area contributed by atoms with Gasteiger partial charge in [0, 0.05) is 5.56 Å². The van der Waals surface area contributed by atoms with Crippen molar-refractivity contribution in [1.29, 1.82) is 0 Å². The van der Waals surface area contributed by atoms with Gasteiger partial charge in [0.05, 0.1) is 14.2 Å². The maximum absolute atomic E-state index is 5.86. The molecule has 0 fully saturated rings. The van der Waals surface area contributed by atoms with Crippen LogP contribution in [0.4, 0.5) is 0 Å². The third kappa shape index (κ3) is 5.66. The normalized spacial score (nSPS) is 12.5. The highest BCUT2D eigenvalue weighted by molar-refractivity contribution is 6.67. The fourth-order valence-electron chi connectivity index (χ4n) is 2.16. The number of alkyl halides is 6. The summed E-state index contributed by atoms with van der Waals surface area (Å²) in [5.41, 5.74) is 1.68. The highest BCUT2D eigenvalue weighted by Crippen LogP contribution is 2.40. The van der Waals surface area contributed by atoms with Crippen molar-refractivity contribution >= 4 is 81.8 Å². The van der Waals surface area contributed by atoms with Crippen molar-refractivity contribution in [2.45, 2.75) is 14.5 Å². The molecule has 5 nitrogen and oxygen atoms in total. The van der Waals surface area contributed by atoms with Crippen molar-refractivity contribution in [2.75, 3.05) is 14.2 Å². The smallest absolute Gasteiger partial charge is 0.250 e. The van der Waals surface area contributed by atoms with Crippen molar-refractivity contribution in [3.05, 3.63) is 40.7 Å². The van der Waals surface area contributed by atoms with Gasteiger partial charge in [0.1, 0.15) is 0 Å². The SMILES string of the molecule is COc1ccc(C=Cc2nc(C(Cl)(Cl)Cl)nc(C(Cl)(Cl)Cl)n2)c(C)c1OC. The highest BCUT2D eigenvalue weighted by atomic mass is 35.6. The molecule has 27 heavy (non-hydrogen) atoms. The average Bonchev–Trinajstić information content (AvgIpc) is 2.58. The Hall–Kier alpha value is -0.690. The lowest BCUT2D eigenvalue weighted by molar-refractivity contribution is 0.353. The van der Waals surface area contributed by atoms with Crippen molar-refractivity contribution in [1.82, 2.24) is 15.0 Å². The van der Waals surface area contributed by atoms with E-state index in [1.165, 1.54) is 0 Å². The second-order valence-corrected chi connectivity index (χ2v) is 9.75. The molecule has 146 valence electrons. The molecule has 0 saturated heterocycles. The molecule has 0 aliphatic carbocycles. The molecule has 0 unspecified atom stereocenters. The summed E-state index contributed by atoms with van der Waals surface area (Å²) in [6.45, 7) is 1.88. The molecule has 1 heterocycles. The second kappa shape index (κ2) is 8.76. The molecule has 0 saturated carbocycles. The monoisotopic (exact) mass is 489 g/mol. The maximum Gasteiger partial charge on any atom is 0.250 e. The Morgan fingerprint density at radius 2 is 1.37 bits per heavy atom. The van der Waals surface area contributed by atoms with Crippen LogP contribution in [0.25, 0.3) is 12.2 Å². The zero-order valence-electron chi connectivity index (χ0n) is 14.2. The molecule has 2 aromatic rings. The van der Waals surface area contributed by atoms with E-state index in [1.54, 1.807) is 32.4 Å². The van der Waals surface area contributed by atoms with Gasteiger partial charge in [0.15, 0.2) is 29.0 Å². The van der Waals surface area contributed by atoms with Gasteiger partial charge < -0.3 is 9.47 Å². The van der Waals surface area contributed by atoms with Crippen molar-refractivity contribution in [2.24, 2.45) is 0 Å². The van der Waals surface area contributed by atoms with E-state index in [4.69, 9.17) is 79.1 Å². The van der Waals surface area contributed by atoms with E-state index in [2.05, 4.69) is 15.0 Å². The Morgan fingerprint density at radius 3 is 1.81 bits per heavy atom. The second-order valence-electron chi connectivity index (χ2n) is 5.18. The zero-order chi connectivity index (χ0) is 20.4. The quantitative estimate of drug-likeness (QED) is 0.489. The molecule has 11 heteroatoms. The van der Waals surface area contributed by atoms with E-state index in [1.807, 2.05) is 13.0 Å². The van der Waals surface area contributed by atoms with Gasteiger partial charge in [0.2, 0.25) is 7.59 Å². The van der Waals surface area contributed by atoms with Crippen LogP contribution in [0, 0.1) is 6.92 Å². The Morgan fingerprint density at radius 1 is 0.815 bits per heavy atom. The van der Waals surface area contributed by atoms with Crippen LogP contribution in [0.2, 0.25) is 0 Å². The van der Waals surface area contributed by atoms with Crippen LogP contribution in [-0.2, 0) is 7.59 Å². The van der Waals surface area contributed by atoms with Gasteiger partial charge in [-0.05, 0) is 24.6 Å². The largest absolute Gasteiger partial charge is 0.493 e. The lowest BCUT2D eigenvalue weighted by Gasteiger charge is -2.15. The molecule has 2 rings (SSSR count). The van der Waals surface area contributed by atoms with Gasteiger partial charge in [-0.25, -0.2) is 15.0 Å². The Balaban J connectivity index is 2.51. The molecule has 0 radical (unpaired) electrons. The first-order valence-electron chi connectivity index (χ1n) is 7.27. The summed E-state index contributed by atoms with van der Waals surface area (Å²) >= 11 is 35.2. The van der Waals surface area contributed by atoms with E-state index in [0.29, 0.717) is 11.5 Å². The van der Waals surface area contributed by atoms with Gasteiger partial charge in [0.25, 0.3) is 0 Å². The van der Waals surface area contributed by atoms with Crippen molar-refractivity contribution < 1.29 is 9.47 Å². The van der Waals surface area contributed by atoms with Gasteiger partial charge in [-0.2, -0.15) is 0 Å². The summed E-state index contributed by atoms with van der Waals surface area (Å²) in [6.07, 6.45) is 3.33. The Bertz CT molecular complexity index is 830. The maximum atomic E-state index is 5.86. The Kier molecular flexibility index (Phi) is 7.34. The fraction of sp³-hybridized carbons (Fsp3) is 0.312. The number of aromatic nitrogens is 3.